The normalized spacial score (nSPS) is 16.2. The van der Waals surface area contributed by atoms with Crippen LogP contribution in [0, 0.1) is 12.8 Å². The van der Waals surface area contributed by atoms with Crippen LogP contribution in [0.15, 0.2) is 24.3 Å². The van der Waals surface area contributed by atoms with Gasteiger partial charge in [0.2, 0.25) is 5.91 Å². The number of nitrogens with zero attached hydrogens (tertiary/aromatic N) is 1. The van der Waals surface area contributed by atoms with Crippen LogP contribution in [0.5, 0.6) is 0 Å². The summed E-state index contributed by atoms with van der Waals surface area (Å²) in [5.41, 5.74) is 1.08. The lowest BCUT2D eigenvalue weighted by Gasteiger charge is -2.35. The molecule has 1 heterocycles. The van der Waals surface area contributed by atoms with Gasteiger partial charge in [0.1, 0.15) is 11.6 Å². The second-order valence-electron chi connectivity index (χ2n) is 9.31. The van der Waals surface area contributed by atoms with Gasteiger partial charge in [-0.3, -0.25) is 9.59 Å². The summed E-state index contributed by atoms with van der Waals surface area (Å²) < 4.78 is 5.30. The van der Waals surface area contributed by atoms with Crippen molar-refractivity contribution in [2.45, 2.75) is 72.1 Å². The third kappa shape index (κ3) is 7.04. The van der Waals surface area contributed by atoms with Crippen molar-refractivity contribution in [3.8, 4) is 0 Å². The van der Waals surface area contributed by atoms with Crippen molar-refractivity contribution in [3.63, 3.8) is 0 Å². The number of likely N-dealkylation sites (tertiary alicyclic amines) is 1. The fraction of sp³-hybridized carbons (Fsp3) is 0.609. The van der Waals surface area contributed by atoms with E-state index in [1.807, 2.05) is 53.7 Å². The summed E-state index contributed by atoms with van der Waals surface area (Å²) in [6.07, 6.45) is 0.876. The maximum absolute atomic E-state index is 13.1. The molecule has 2 rings (SSSR count). The predicted molar refractivity (Wildman–Crippen MR) is 116 cm³/mol. The monoisotopic (exact) mass is 417 g/mol. The number of ether oxygens (including phenoxy) is 1. The number of rotatable bonds is 5. The molecular weight excluding hydrogens is 382 g/mol. The third-order valence-electron chi connectivity index (χ3n) is 5.06. The van der Waals surface area contributed by atoms with E-state index in [4.69, 9.17) is 4.74 Å². The Bertz CT molecular complexity index is 745. The highest BCUT2D eigenvalue weighted by Gasteiger charge is 2.32. The number of carbonyl (C=O) groups is 3. The van der Waals surface area contributed by atoms with E-state index in [-0.39, 0.29) is 23.8 Å². The van der Waals surface area contributed by atoms with Crippen LogP contribution >= 0.6 is 0 Å². The molecule has 166 valence electrons. The summed E-state index contributed by atoms with van der Waals surface area (Å²) >= 11 is 0. The highest BCUT2D eigenvalue weighted by atomic mass is 16.6. The van der Waals surface area contributed by atoms with Crippen molar-refractivity contribution in [2.75, 3.05) is 13.1 Å². The molecule has 0 spiro atoms. The summed E-state index contributed by atoms with van der Waals surface area (Å²) in [5.74, 6) is -0.366. The van der Waals surface area contributed by atoms with Gasteiger partial charge in [-0.1, -0.05) is 31.5 Å². The number of amides is 3. The van der Waals surface area contributed by atoms with Crippen LogP contribution < -0.4 is 10.6 Å². The van der Waals surface area contributed by atoms with E-state index in [0.717, 1.165) is 5.56 Å². The molecule has 3 amide bonds. The standard InChI is InChI=1S/C23H35N3O4/c1-15(2)19(25-20(27)17-9-7-16(3)8-10-17)21(28)26-13-11-18(12-14-26)24-22(29)30-23(4,5)6/h7-10,15,18-19H,11-14H2,1-6H3,(H,24,29)(H,25,27). The predicted octanol–water partition coefficient (Wildman–Crippen LogP) is 3.27. The first-order valence-corrected chi connectivity index (χ1v) is 10.6. The molecule has 7 heteroatoms. The zero-order valence-corrected chi connectivity index (χ0v) is 19.0. The molecule has 0 bridgehead atoms. The van der Waals surface area contributed by atoms with Crippen LogP contribution in [0.25, 0.3) is 0 Å². The van der Waals surface area contributed by atoms with E-state index < -0.39 is 17.7 Å². The summed E-state index contributed by atoms with van der Waals surface area (Å²) in [4.78, 5) is 39.4. The van der Waals surface area contributed by atoms with Crippen LogP contribution in [0.4, 0.5) is 4.79 Å². The molecule has 1 unspecified atom stereocenters. The summed E-state index contributed by atoms with van der Waals surface area (Å²) in [6.45, 7) is 12.3. The lowest BCUT2D eigenvalue weighted by atomic mass is 9.99. The Morgan fingerprint density at radius 1 is 1.07 bits per heavy atom. The molecule has 1 aromatic carbocycles. The number of carbonyl (C=O) groups excluding carboxylic acids is 3. The number of benzene rings is 1. The average Bonchev–Trinajstić information content (AvgIpc) is 2.64. The van der Waals surface area contributed by atoms with Crippen LogP contribution in [0.3, 0.4) is 0 Å². The van der Waals surface area contributed by atoms with Crippen molar-refractivity contribution in [1.29, 1.82) is 0 Å². The molecule has 1 aromatic rings. The van der Waals surface area contributed by atoms with Crippen LogP contribution in [-0.2, 0) is 9.53 Å². The Morgan fingerprint density at radius 3 is 2.13 bits per heavy atom. The molecule has 2 N–H and O–H groups in total. The number of hydrogen-bond acceptors (Lipinski definition) is 4. The molecule has 30 heavy (non-hydrogen) atoms. The number of hydrogen-bond donors (Lipinski definition) is 2. The molecule has 0 aliphatic carbocycles. The molecule has 0 radical (unpaired) electrons. The summed E-state index contributed by atoms with van der Waals surface area (Å²) in [6, 6.07) is 6.67. The second-order valence-corrected chi connectivity index (χ2v) is 9.31. The van der Waals surface area contributed by atoms with Gasteiger partial charge >= 0.3 is 6.09 Å². The third-order valence-corrected chi connectivity index (χ3v) is 5.06. The van der Waals surface area contributed by atoms with E-state index in [2.05, 4.69) is 10.6 Å². The molecule has 1 aliphatic heterocycles. The first kappa shape index (κ1) is 23.7. The number of aryl methyl sites for hydroxylation is 1. The first-order chi connectivity index (χ1) is 14.0. The highest BCUT2D eigenvalue weighted by molar-refractivity contribution is 5.97. The fourth-order valence-electron chi connectivity index (χ4n) is 3.36. The summed E-state index contributed by atoms with van der Waals surface area (Å²) in [5, 5.41) is 5.77. The molecule has 0 aromatic heterocycles. The molecule has 1 atom stereocenters. The Kier molecular flexibility index (Phi) is 7.87. The van der Waals surface area contributed by atoms with Crippen LogP contribution in [0.2, 0.25) is 0 Å². The lowest BCUT2D eigenvalue weighted by molar-refractivity contribution is -0.135. The van der Waals surface area contributed by atoms with Gasteiger partial charge in [0.25, 0.3) is 5.91 Å². The van der Waals surface area contributed by atoms with E-state index in [9.17, 15) is 14.4 Å². The van der Waals surface area contributed by atoms with Gasteiger partial charge in [0, 0.05) is 24.7 Å². The second kappa shape index (κ2) is 9.96. The average molecular weight is 418 g/mol. The van der Waals surface area contributed by atoms with Gasteiger partial charge in [-0.15, -0.1) is 0 Å². The molecule has 7 nitrogen and oxygen atoms in total. The topological polar surface area (TPSA) is 87.7 Å². The van der Waals surface area contributed by atoms with Gasteiger partial charge in [0.15, 0.2) is 0 Å². The maximum atomic E-state index is 13.1. The van der Waals surface area contributed by atoms with Crippen LogP contribution in [-0.4, -0.2) is 53.6 Å². The van der Waals surface area contributed by atoms with E-state index in [1.54, 1.807) is 17.0 Å². The Hall–Kier alpha value is -2.57. The van der Waals surface area contributed by atoms with Crippen molar-refractivity contribution in [3.05, 3.63) is 35.4 Å². The molecule has 1 aliphatic rings. The van der Waals surface area contributed by atoms with E-state index >= 15 is 0 Å². The van der Waals surface area contributed by atoms with Gasteiger partial charge in [-0.05, 0) is 58.6 Å². The van der Waals surface area contributed by atoms with Crippen molar-refractivity contribution >= 4 is 17.9 Å². The molecule has 1 fully saturated rings. The molecule has 0 saturated carbocycles. The Balaban J connectivity index is 1.91. The fourth-order valence-corrected chi connectivity index (χ4v) is 3.36. The van der Waals surface area contributed by atoms with Gasteiger partial charge in [-0.2, -0.15) is 0 Å². The quantitative estimate of drug-likeness (QED) is 0.770. The Labute approximate surface area is 179 Å². The highest BCUT2D eigenvalue weighted by Crippen LogP contribution is 2.16. The minimum absolute atomic E-state index is 0.0245. The van der Waals surface area contributed by atoms with Crippen molar-refractivity contribution in [2.24, 2.45) is 5.92 Å². The molecule has 1 saturated heterocycles. The van der Waals surface area contributed by atoms with Crippen LogP contribution in [0.1, 0.15) is 63.4 Å². The number of nitrogens with one attached hydrogen (secondary N) is 2. The zero-order valence-electron chi connectivity index (χ0n) is 19.0. The first-order valence-electron chi connectivity index (χ1n) is 10.6. The van der Waals surface area contributed by atoms with Gasteiger partial charge in [-0.25, -0.2) is 4.79 Å². The largest absolute Gasteiger partial charge is 0.444 e. The van der Waals surface area contributed by atoms with Gasteiger partial charge in [0.05, 0.1) is 0 Å². The Morgan fingerprint density at radius 2 is 1.63 bits per heavy atom. The summed E-state index contributed by atoms with van der Waals surface area (Å²) in [7, 11) is 0. The minimum Gasteiger partial charge on any atom is -0.444 e. The smallest absolute Gasteiger partial charge is 0.407 e. The lowest BCUT2D eigenvalue weighted by Crippen LogP contribution is -2.55. The number of alkyl carbamates (subject to hydrolysis) is 1. The number of piperidine rings is 1. The van der Waals surface area contributed by atoms with Crippen molar-refractivity contribution in [1.82, 2.24) is 15.5 Å². The zero-order chi connectivity index (χ0) is 22.5. The maximum Gasteiger partial charge on any atom is 0.407 e. The van der Waals surface area contributed by atoms with E-state index in [1.165, 1.54) is 0 Å². The minimum atomic E-state index is -0.589. The SMILES string of the molecule is Cc1ccc(C(=O)NC(C(=O)N2CCC(NC(=O)OC(C)(C)C)CC2)C(C)C)cc1. The molecular formula is C23H35N3O4. The van der Waals surface area contributed by atoms with Gasteiger partial charge < -0.3 is 20.3 Å². The van der Waals surface area contributed by atoms with Crippen molar-refractivity contribution < 1.29 is 19.1 Å². The van der Waals surface area contributed by atoms with E-state index in [0.29, 0.717) is 31.5 Å².